The van der Waals surface area contributed by atoms with Crippen LogP contribution in [0.1, 0.15) is 24.1 Å². The van der Waals surface area contributed by atoms with Crippen LogP contribution >= 0.6 is 34.7 Å². The highest BCUT2D eigenvalue weighted by Crippen LogP contribution is 2.40. The standard InChI is InChI=1S/C29H28ClN5O2S2/c30-21-7-3-20(4-8-21)28-33-22(17-38-28)18-39-29-25(16-32)26(19-5-9-23(10-6-19)37-14-13-36)24(15-31)27(34-29)35-11-1-2-12-35/h3-10,15,17,29,36H,1-2,11-14,18,31H2. The molecule has 200 valence electrons. The molecule has 0 aliphatic carbocycles. The van der Waals surface area contributed by atoms with Crippen molar-refractivity contribution in [2.24, 2.45) is 10.7 Å². The number of nitrogens with zero attached hydrogens (tertiary/aromatic N) is 4. The van der Waals surface area contributed by atoms with Crippen molar-refractivity contribution < 1.29 is 9.84 Å². The van der Waals surface area contributed by atoms with Crippen molar-refractivity contribution in [1.82, 2.24) is 9.88 Å². The molecule has 0 spiro atoms. The number of halogens is 1. The lowest BCUT2D eigenvalue weighted by Crippen LogP contribution is -2.34. The number of thioether (sulfide) groups is 1. The Bertz CT molecular complexity index is 1440. The Hall–Kier alpha value is -3.29. The Morgan fingerprint density at radius 3 is 2.54 bits per heavy atom. The van der Waals surface area contributed by atoms with Gasteiger partial charge in [0.1, 0.15) is 28.6 Å². The molecule has 0 radical (unpaired) electrons. The van der Waals surface area contributed by atoms with E-state index in [1.807, 2.05) is 48.5 Å². The van der Waals surface area contributed by atoms with Gasteiger partial charge in [-0.3, -0.25) is 0 Å². The average Bonchev–Trinajstić information content (AvgIpc) is 3.68. The quantitative estimate of drug-likeness (QED) is 0.352. The number of rotatable bonds is 8. The fourth-order valence-electron chi connectivity index (χ4n) is 4.65. The Balaban J connectivity index is 1.45. The van der Waals surface area contributed by atoms with E-state index in [2.05, 4.69) is 16.3 Å². The summed E-state index contributed by atoms with van der Waals surface area (Å²) in [6, 6.07) is 17.6. The zero-order valence-corrected chi connectivity index (χ0v) is 23.6. The highest BCUT2D eigenvalue weighted by Gasteiger charge is 2.33. The van der Waals surface area contributed by atoms with Gasteiger partial charge in [-0.15, -0.1) is 23.1 Å². The van der Waals surface area contributed by atoms with E-state index in [4.69, 9.17) is 37.2 Å². The number of amidine groups is 1. The van der Waals surface area contributed by atoms with E-state index >= 15 is 0 Å². The van der Waals surface area contributed by atoms with Gasteiger partial charge in [0.15, 0.2) is 0 Å². The molecule has 2 aliphatic rings. The van der Waals surface area contributed by atoms with Crippen LogP contribution in [0, 0.1) is 11.3 Å². The number of nitriles is 1. The van der Waals surface area contributed by atoms with Gasteiger partial charge in [0.25, 0.3) is 0 Å². The number of hydrogen-bond acceptors (Lipinski definition) is 9. The van der Waals surface area contributed by atoms with Crippen molar-refractivity contribution in [2.45, 2.75) is 24.0 Å². The molecule has 1 atom stereocenters. The maximum absolute atomic E-state index is 10.4. The first-order valence-corrected chi connectivity index (χ1v) is 15.0. The topological polar surface area (TPSA) is 108 Å². The summed E-state index contributed by atoms with van der Waals surface area (Å²) in [7, 11) is 0. The smallest absolute Gasteiger partial charge is 0.134 e. The molecule has 0 saturated carbocycles. The van der Waals surface area contributed by atoms with Crippen LogP contribution in [0.15, 0.2) is 76.2 Å². The molecule has 0 bridgehead atoms. The SMILES string of the molecule is N#CC1=C(c2ccc(OCCO)cc2)C(=CN)C(N2CCCC2)=NC1SCc1csc(-c2ccc(Cl)cc2)n1. The monoisotopic (exact) mass is 577 g/mol. The van der Waals surface area contributed by atoms with Crippen molar-refractivity contribution in [2.75, 3.05) is 26.3 Å². The first-order valence-electron chi connectivity index (χ1n) is 12.7. The second kappa shape index (κ2) is 12.7. The summed E-state index contributed by atoms with van der Waals surface area (Å²) < 4.78 is 5.54. The number of aliphatic hydroxyl groups excluding tert-OH is 1. The summed E-state index contributed by atoms with van der Waals surface area (Å²) in [5, 5.41) is 22.7. The lowest BCUT2D eigenvalue weighted by atomic mass is 9.90. The van der Waals surface area contributed by atoms with E-state index in [1.54, 1.807) is 29.3 Å². The van der Waals surface area contributed by atoms with Crippen LogP contribution in [0.3, 0.4) is 0 Å². The Kier molecular flexibility index (Phi) is 8.89. The Morgan fingerprint density at radius 1 is 1.15 bits per heavy atom. The number of likely N-dealkylation sites (tertiary alicyclic amines) is 1. The van der Waals surface area contributed by atoms with Crippen molar-refractivity contribution in [3.8, 4) is 22.4 Å². The van der Waals surface area contributed by atoms with Gasteiger partial charge in [-0.05, 0) is 42.7 Å². The van der Waals surface area contributed by atoms with Gasteiger partial charge in [-0.1, -0.05) is 35.9 Å². The molecule has 2 aliphatic heterocycles. The minimum Gasteiger partial charge on any atom is -0.491 e. The fraction of sp³-hybridized carbons (Fsp3) is 0.276. The first kappa shape index (κ1) is 27.3. The molecule has 2 aromatic carbocycles. The number of thiazole rings is 1. The van der Waals surface area contributed by atoms with Crippen LogP contribution in [-0.4, -0.2) is 52.5 Å². The van der Waals surface area contributed by atoms with Crippen molar-refractivity contribution >= 4 is 46.1 Å². The summed E-state index contributed by atoms with van der Waals surface area (Å²) in [5.74, 6) is 2.10. The molecule has 39 heavy (non-hydrogen) atoms. The van der Waals surface area contributed by atoms with Crippen LogP contribution in [0.25, 0.3) is 16.1 Å². The van der Waals surface area contributed by atoms with Crippen molar-refractivity contribution in [1.29, 1.82) is 5.26 Å². The third-order valence-corrected chi connectivity index (χ3v) is 8.81. The maximum Gasteiger partial charge on any atom is 0.134 e. The molecule has 1 fully saturated rings. The summed E-state index contributed by atoms with van der Waals surface area (Å²) in [5.41, 5.74) is 11.2. The molecule has 1 aromatic heterocycles. The van der Waals surface area contributed by atoms with Gasteiger partial charge < -0.3 is 20.5 Å². The molecule has 5 rings (SSSR count). The number of benzene rings is 2. The van der Waals surface area contributed by atoms with E-state index in [0.717, 1.165) is 64.7 Å². The number of ether oxygens (including phenoxy) is 1. The van der Waals surface area contributed by atoms with E-state index < -0.39 is 5.37 Å². The molecular weight excluding hydrogens is 550 g/mol. The van der Waals surface area contributed by atoms with Gasteiger partial charge >= 0.3 is 0 Å². The predicted molar refractivity (Wildman–Crippen MR) is 160 cm³/mol. The van der Waals surface area contributed by atoms with Crippen LogP contribution in [0.4, 0.5) is 0 Å². The van der Waals surface area contributed by atoms with Crippen molar-refractivity contribution in [3.05, 3.63) is 87.5 Å². The van der Waals surface area contributed by atoms with Gasteiger partial charge in [-0.2, -0.15) is 5.26 Å². The molecular formula is C29H28ClN5O2S2. The van der Waals surface area contributed by atoms with Crippen LogP contribution < -0.4 is 10.5 Å². The van der Waals surface area contributed by atoms with Gasteiger partial charge in [0.2, 0.25) is 0 Å². The van der Waals surface area contributed by atoms with Gasteiger partial charge in [-0.25, -0.2) is 9.98 Å². The van der Waals surface area contributed by atoms with Crippen LogP contribution in [0.2, 0.25) is 5.02 Å². The molecule has 7 nitrogen and oxygen atoms in total. The van der Waals surface area contributed by atoms with E-state index in [9.17, 15) is 5.26 Å². The Labute approximate surface area is 241 Å². The summed E-state index contributed by atoms with van der Waals surface area (Å²) >= 11 is 9.22. The van der Waals surface area contributed by atoms with Gasteiger partial charge in [0, 0.05) is 52.2 Å². The fourth-order valence-corrected chi connectivity index (χ4v) is 6.70. The number of aromatic nitrogens is 1. The minimum absolute atomic E-state index is 0.0553. The maximum atomic E-state index is 10.4. The zero-order valence-electron chi connectivity index (χ0n) is 21.2. The largest absolute Gasteiger partial charge is 0.491 e. The summed E-state index contributed by atoms with van der Waals surface area (Å²) in [4.78, 5) is 12.2. The number of nitrogens with two attached hydrogens (primary N) is 1. The first-order chi connectivity index (χ1) is 19.1. The Morgan fingerprint density at radius 2 is 1.87 bits per heavy atom. The molecule has 0 amide bonds. The molecule has 3 heterocycles. The summed E-state index contributed by atoms with van der Waals surface area (Å²) in [6.45, 7) is 1.99. The van der Waals surface area contributed by atoms with Crippen LogP contribution in [-0.2, 0) is 5.75 Å². The molecule has 3 aromatic rings. The molecule has 10 heteroatoms. The second-order valence-corrected chi connectivity index (χ2v) is 11.4. The second-order valence-electron chi connectivity index (χ2n) is 9.04. The average molecular weight is 578 g/mol. The van der Waals surface area contributed by atoms with Crippen molar-refractivity contribution in [3.63, 3.8) is 0 Å². The van der Waals surface area contributed by atoms with E-state index in [0.29, 0.717) is 22.1 Å². The van der Waals surface area contributed by atoms with E-state index in [1.165, 1.54) is 0 Å². The van der Waals surface area contributed by atoms with E-state index in [-0.39, 0.29) is 13.2 Å². The number of aliphatic imine (C=N–C) groups is 1. The number of dihydropyridines is 1. The third-order valence-electron chi connectivity index (χ3n) is 6.49. The van der Waals surface area contributed by atoms with Crippen LogP contribution in [0.5, 0.6) is 5.75 Å². The molecule has 1 saturated heterocycles. The predicted octanol–water partition coefficient (Wildman–Crippen LogP) is 5.72. The summed E-state index contributed by atoms with van der Waals surface area (Å²) in [6.07, 6.45) is 3.77. The molecule has 1 unspecified atom stereocenters. The highest BCUT2D eigenvalue weighted by atomic mass is 35.5. The lowest BCUT2D eigenvalue weighted by Gasteiger charge is -2.31. The minimum atomic E-state index is -0.393. The lowest BCUT2D eigenvalue weighted by molar-refractivity contribution is 0.201. The third kappa shape index (κ3) is 6.15. The highest BCUT2D eigenvalue weighted by molar-refractivity contribution is 7.99. The zero-order chi connectivity index (χ0) is 27.2. The van der Waals surface area contributed by atoms with Gasteiger partial charge in [0.05, 0.1) is 23.9 Å². The number of hydrogen-bond donors (Lipinski definition) is 2. The number of aliphatic hydroxyl groups is 1. The molecule has 3 N–H and O–H groups in total. The normalized spacial score (nSPS) is 18.4.